The summed E-state index contributed by atoms with van der Waals surface area (Å²) in [5, 5.41) is 6.46. The monoisotopic (exact) mass is 110 g/mol. The van der Waals surface area contributed by atoms with Crippen LogP contribution in [0.25, 0.3) is 0 Å². The molecule has 0 saturated carbocycles. The van der Waals surface area contributed by atoms with Crippen LogP contribution in [0.3, 0.4) is 0 Å². The van der Waals surface area contributed by atoms with Gasteiger partial charge in [-0.15, -0.1) is 0 Å². The van der Waals surface area contributed by atoms with Gasteiger partial charge in [0.15, 0.2) is 0 Å². The largest absolute Gasteiger partial charge is 0.388 e. The molecule has 2 heterocycles. The van der Waals surface area contributed by atoms with Crippen molar-refractivity contribution in [3.05, 3.63) is 11.8 Å². The van der Waals surface area contributed by atoms with Crippen molar-refractivity contribution in [1.29, 1.82) is 0 Å². The Hall–Kier alpha value is -0.500. The molecule has 2 nitrogen and oxygen atoms in total. The highest BCUT2D eigenvalue weighted by Gasteiger charge is 2.19. The molecule has 0 bridgehead atoms. The topological polar surface area (TPSA) is 34.0 Å². The van der Waals surface area contributed by atoms with Crippen LogP contribution in [0.2, 0.25) is 0 Å². The summed E-state index contributed by atoms with van der Waals surface area (Å²) in [6.07, 6.45) is 3.54. The highest BCUT2D eigenvalue weighted by molar-refractivity contribution is 5.15. The molecule has 2 rings (SSSR count). The molecule has 0 aromatic heterocycles. The highest BCUT2D eigenvalue weighted by Crippen LogP contribution is 2.10. The fraction of sp³-hybridized carbons (Fsp3) is 0.667. The van der Waals surface area contributed by atoms with Crippen LogP contribution in [0, 0.1) is 0 Å². The summed E-state index contributed by atoms with van der Waals surface area (Å²) >= 11 is 0. The smallest absolute Gasteiger partial charge is 0.0396 e. The van der Waals surface area contributed by atoms with Gasteiger partial charge in [-0.05, 0) is 6.08 Å². The maximum atomic E-state index is 3.24. The van der Waals surface area contributed by atoms with Gasteiger partial charge >= 0.3 is 0 Å². The van der Waals surface area contributed by atoms with E-state index in [4.69, 9.17) is 0 Å². The number of nitrogens with one attached hydrogen (secondary N) is 2. The Morgan fingerprint density at radius 1 is 1.62 bits per heavy atom. The minimum Gasteiger partial charge on any atom is -0.388 e. The van der Waals surface area contributed by atoms with Gasteiger partial charge in [0.1, 0.15) is 0 Å². The van der Waals surface area contributed by atoms with Gasteiger partial charge in [0.25, 0.3) is 0 Å². The van der Waals surface area contributed by atoms with Gasteiger partial charge in [0.05, 0.1) is 0 Å². The second-order valence-corrected chi connectivity index (χ2v) is 2.38. The number of hydrogen-bond donors (Lipinski definition) is 2. The molecular weight excluding hydrogens is 100 g/mol. The summed E-state index contributed by atoms with van der Waals surface area (Å²) in [4.78, 5) is 0. The van der Waals surface area contributed by atoms with Crippen LogP contribution < -0.4 is 10.6 Å². The van der Waals surface area contributed by atoms with Crippen LogP contribution in [0.15, 0.2) is 11.8 Å². The third kappa shape index (κ3) is 0.713. The lowest BCUT2D eigenvalue weighted by atomic mass is 10.2. The number of hydrogen-bond acceptors (Lipinski definition) is 2. The molecule has 2 fully saturated rings. The second kappa shape index (κ2) is 1.49. The standard InChI is InChI=1S/C6H10N2/c1-2-7-5(1)3-6-4-8-6/h3,6-8H,1-2,4H2/b5-3-. The van der Waals surface area contributed by atoms with E-state index < -0.39 is 0 Å². The van der Waals surface area contributed by atoms with E-state index in [-0.39, 0.29) is 0 Å². The van der Waals surface area contributed by atoms with E-state index in [9.17, 15) is 0 Å². The zero-order chi connectivity index (χ0) is 5.40. The van der Waals surface area contributed by atoms with E-state index in [2.05, 4.69) is 16.7 Å². The van der Waals surface area contributed by atoms with E-state index in [1.165, 1.54) is 25.2 Å². The molecule has 0 radical (unpaired) electrons. The third-order valence-corrected chi connectivity index (χ3v) is 1.59. The average molecular weight is 110 g/mol. The Morgan fingerprint density at radius 2 is 2.38 bits per heavy atom. The van der Waals surface area contributed by atoms with Crippen LogP contribution in [0.4, 0.5) is 0 Å². The molecule has 2 N–H and O–H groups in total. The summed E-state index contributed by atoms with van der Waals surface area (Å²) in [5.41, 5.74) is 1.43. The normalized spacial score (nSPS) is 38.5. The van der Waals surface area contributed by atoms with Crippen LogP contribution in [-0.2, 0) is 0 Å². The van der Waals surface area contributed by atoms with Crippen molar-refractivity contribution in [2.24, 2.45) is 0 Å². The van der Waals surface area contributed by atoms with E-state index in [1.54, 1.807) is 0 Å². The first-order valence-corrected chi connectivity index (χ1v) is 3.13. The van der Waals surface area contributed by atoms with Crippen molar-refractivity contribution in [2.45, 2.75) is 12.5 Å². The van der Waals surface area contributed by atoms with Crippen molar-refractivity contribution < 1.29 is 0 Å². The zero-order valence-corrected chi connectivity index (χ0v) is 4.78. The quantitative estimate of drug-likeness (QED) is 0.460. The van der Waals surface area contributed by atoms with Crippen molar-refractivity contribution in [3.63, 3.8) is 0 Å². The first-order valence-electron chi connectivity index (χ1n) is 3.13. The van der Waals surface area contributed by atoms with Gasteiger partial charge in [-0.25, -0.2) is 0 Å². The van der Waals surface area contributed by atoms with E-state index >= 15 is 0 Å². The molecule has 2 aliphatic heterocycles. The molecule has 8 heavy (non-hydrogen) atoms. The maximum Gasteiger partial charge on any atom is 0.0396 e. The first kappa shape index (κ1) is 4.39. The zero-order valence-electron chi connectivity index (χ0n) is 4.78. The minimum atomic E-state index is 0.706. The van der Waals surface area contributed by atoms with Gasteiger partial charge in [-0.3, -0.25) is 0 Å². The molecule has 44 valence electrons. The van der Waals surface area contributed by atoms with E-state index in [1.807, 2.05) is 0 Å². The Kier molecular flexibility index (Phi) is 0.815. The summed E-state index contributed by atoms with van der Waals surface area (Å²) in [7, 11) is 0. The lowest BCUT2D eigenvalue weighted by Gasteiger charge is -2.19. The van der Waals surface area contributed by atoms with Crippen LogP contribution in [0.1, 0.15) is 6.42 Å². The maximum absolute atomic E-state index is 3.24. The van der Waals surface area contributed by atoms with Gasteiger partial charge in [0, 0.05) is 31.2 Å². The predicted octanol–water partition coefficient (Wildman–Crippen LogP) is -0.165. The van der Waals surface area contributed by atoms with Crippen molar-refractivity contribution in [2.75, 3.05) is 13.1 Å². The molecule has 0 aromatic carbocycles. The lowest BCUT2D eigenvalue weighted by Crippen LogP contribution is -2.27. The molecule has 2 heteroatoms. The molecule has 2 aliphatic rings. The highest BCUT2D eigenvalue weighted by atomic mass is 15.1. The predicted molar refractivity (Wildman–Crippen MR) is 32.5 cm³/mol. The fourth-order valence-electron chi connectivity index (χ4n) is 0.840. The van der Waals surface area contributed by atoms with Crippen molar-refractivity contribution in [3.8, 4) is 0 Å². The summed E-state index contributed by atoms with van der Waals surface area (Å²) in [5.74, 6) is 0. The molecule has 0 spiro atoms. The average Bonchev–Trinajstić information content (AvgIpc) is 2.36. The Balaban J connectivity index is 1.91. The summed E-state index contributed by atoms with van der Waals surface area (Å²) < 4.78 is 0. The summed E-state index contributed by atoms with van der Waals surface area (Å²) in [6, 6.07) is 0.706. The van der Waals surface area contributed by atoms with E-state index in [0.29, 0.717) is 6.04 Å². The molecular formula is C6H10N2. The van der Waals surface area contributed by atoms with E-state index in [0.717, 1.165) is 0 Å². The molecule has 0 aromatic rings. The van der Waals surface area contributed by atoms with Gasteiger partial charge in [-0.2, -0.15) is 0 Å². The second-order valence-electron chi connectivity index (χ2n) is 2.38. The molecule has 0 amide bonds. The van der Waals surface area contributed by atoms with Crippen LogP contribution >= 0.6 is 0 Å². The van der Waals surface area contributed by atoms with Crippen molar-refractivity contribution in [1.82, 2.24) is 10.6 Å². The first-order chi connectivity index (χ1) is 3.95. The third-order valence-electron chi connectivity index (χ3n) is 1.59. The molecule has 1 atom stereocenters. The van der Waals surface area contributed by atoms with Gasteiger partial charge in [0.2, 0.25) is 0 Å². The molecule has 2 saturated heterocycles. The van der Waals surface area contributed by atoms with Gasteiger partial charge < -0.3 is 10.6 Å². The van der Waals surface area contributed by atoms with Crippen LogP contribution in [-0.4, -0.2) is 19.1 Å². The lowest BCUT2D eigenvalue weighted by molar-refractivity contribution is 0.629. The molecule has 0 aliphatic carbocycles. The Morgan fingerprint density at radius 3 is 2.75 bits per heavy atom. The minimum absolute atomic E-state index is 0.706. The Labute approximate surface area is 49.0 Å². The van der Waals surface area contributed by atoms with Gasteiger partial charge in [-0.1, -0.05) is 0 Å². The summed E-state index contributed by atoms with van der Waals surface area (Å²) in [6.45, 7) is 2.36. The number of rotatable bonds is 1. The van der Waals surface area contributed by atoms with Crippen LogP contribution in [0.5, 0.6) is 0 Å². The SMILES string of the molecule is C(=C1\CCN1)/C1CN1. The fourth-order valence-corrected chi connectivity index (χ4v) is 0.840. The molecule has 1 unspecified atom stereocenters. The van der Waals surface area contributed by atoms with Crippen molar-refractivity contribution >= 4 is 0 Å². The Bertz CT molecular complexity index is 118.